The van der Waals surface area contributed by atoms with Crippen LogP contribution in [0.1, 0.15) is 0 Å². The highest BCUT2D eigenvalue weighted by molar-refractivity contribution is 4.91. The summed E-state index contributed by atoms with van der Waals surface area (Å²) >= 11 is 0. The summed E-state index contributed by atoms with van der Waals surface area (Å²) in [6, 6.07) is 0. The van der Waals surface area contributed by atoms with Crippen LogP contribution in [-0.4, -0.2) is 37.0 Å². The average molecular weight is 129 g/mol. The van der Waals surface area contributed by atoms with E-state index in [1.807, 2.05) is 0 Å². The summed E-state index contributed by atoms with van der Waals surface area (Å²) in [5, 5.41) is 12.4. The summed E-state index contributed by atoms with van der Waals surface area (Å²) in [6.45, 7) is 2.38. The van der Waals surface area contributed by atoms with Crippen LogP contribution in [-0.2, 0) is 4.74 Å². The molecule has 0 aliphatic carbocycles. The molecule has 3 heteroatoms. The summed E-state index contributed by atoms with van der Waals surface area (Å²) < 4.78 is 5.28. The van der Waals surface area contributed by atoms with E-state index in [4.69, 9.17) is 4.74 Å². The summed E-state index contributed by atoms with van der Waals surface area (Å²) in [5.74, 6) is 0.366. The quantitative estimate of drug-likeness (QED) is 0.439. The molecule has 2 saturated heterocycles. The van der Waals surface area contributed by atoms with Crippen LogP contribution in [0.2, 0.25) is 0 Å². The van der Waals surface area contributed by atoms with E-state index in [0.29, 0.717) is 18.6 Å². The fourth-order valence-electron chi connectivity index (χ4n) is 1.59. The Hall–Kier alpha value is -0.120. The molecule has 0 aromatic heterocycles. The van der Waals surface area contributed by atoms with E-state index in [1.165, 1.54) is 0 Å². The van der Waals surface area contributed by atoms with Gasteiger partial charge in [0.1, 0.15) is 0 Å². The Bertz CT molecular complexity index is 118. The summed E-state index contributed by atoms with van der Waals surface area (Å²) in [7, 11) is 0. The van der Waals surface area contributed by atoms with Crippen molar-refractivity contribution < 1.29 is 9.84 Å². The van der Waals surface area contributed by atoms with Crippen molar-refractivity contribution in [3.05, 3.63) is 0 Å². The molecule has 0 aromatic carbocycles. The van der Waals surface area contributed by atoms with Gasteiger partial charge in [-0.2, -0.15) is 0 Å². The summed E-state index contributed by atoms with van der Waals surface area (Å²) in [5.41, 5.74) is 0. The molecule has 0 spiro atoms. The van der Waals surface area contributed by atoms with Gasteiger partial charge >= 0.3 is 0 Å². The van der Waals surface area contributed by atoms with E-state index in [-0.39, 0.29) is 6.10 Å². The van der Waals surface area contributed by atoms with Gasteiger partial charge in [-0.05, 0) is 0 Å². The van der Waals surface area contributed by atoms with Crippen LogP contribution >= 0.6 is 0 Å². The largest absolute Gasteiger partial charge is 0.390 e. The predicted molar refractivity (Wildman–Crippen MR) is 32.1 cm³/mol. The number of aliphatic hydroxyl groups is 1. The van der Waals surface area contributed by atoms with Crippen molar-refractivity contribution in [1.29, 1.82) is 0 Å². The van der Waals surface area contributed by atoms with Crippen molar-refractivity contribution in [1.82, 2.24) is 5.32 Å². The van der Waals surface area contributed by atoms with Crippen LogP contribution in [0.3, 0.4) is 0 Å². The lowest BCUT2D eigenvalue weighted by Crippen LogP contribution is -2.22. The van der Waals surface area contributed by atoms with Crippen molar-refractivity contribution in [2.75, 3.05) is 19.7 Å². The molecule has 3 nitrogen and oxygen atoms in total. The van der Waals surface area contributed by atoms with Gasteiger partial charge in [0.05, 0.1) is 18.8 Å². The lowest BCUT2D eigenvalue weighted by atomic mass is 10.0. The van der Waals surface area contributed by atoms with Gasteiger partial charge in [-0.15, -0.1) is 0 Å². The minimum absolute atomic E-state index is 0.218. The number of nitrogens with one attached hydrogen (secondary N) is 1. The average Bonchev–Trinajstić information content (AvgIpc) is 2.35. The van der Waals surface area contributed by atoms with Crippen LogP contribution in [0.25, 0.3) is 0 Å². The van der Waals surface area contributed by atoms with Crippen LogP contribution in [0.4, 0.5) is 0 Å². The third-order valence-corrected chi connectivity index (χ3v) is 2.18. The highest BCUT2D eigenvalue weighted by Crippen LogP contribution is 2.23. The van der Waals surface area contributed by atoms with Crippen LogP contribution in [0.15, 0.2) is 0 Å². The molecule has 2 N–H and O–H groups in total. The third-order valence-electron chi connectivity index (χ3n) is 2.18. The molecule has 0 radical (unpaired) electrons. The SMILES string of the molecule is OC1CO[C@H]2CNC[C@@H]12. The monoisotopic (exact) mass is 129 g/mol. The summed E-state index contributed by atoms with van der Waals surface area (Å²) in [6.07, 6.45) is 0.0741. The van der Waals surface area contributed by atoms with Gasteiger partial charge in [0.25, 0.3) is 0 Å². The van der Waals surface area contributed by atoms with Gasteiger partial charge < -0.3 is 15.2 Å². The van der Waals surface area contributed by atoms with Crippen molar-refractivity contribution in [3.63, 3.8) is 0 Å². The van der Waals surface area contributed by atoms with Crippen LogP contribution in [0.5, 0.6) is 0 Å². The molecule has 2 aliphatic heterocycles. The third kappa shape index (κ3) is 0.764. The molecule has 2 aliphatic rings. The standard InChI is InChI=1S/C6H11NO2/c8-5-3-9-6-2-7-1-4(5)6/h4-8H,1-3H2/t4-,5?,6-/m0/s1. The topological polar surface area (TPSA) is 41.5 Å². The van der Waals surface area contributed by atoms with Crippen molar-refractivity contribution in [3.8, 4) is 0 Å². The van der Waals surface area contributed by atoms with Crippen molar-refractivity contribution in [2.45, 2.75) is 12.2 Å². The zero-order chi connectivity index (χ0) is 6.27. The maximum absolute atomic E-state index is 9.23. The molecule has 0 saturated carbocycles. The Morgan fingerprint density at radius 2 is 2.33 bits per heavy atom. The Morgan fingerprint density at radius 1 is 1.44 bits per heavy atom. The zero-order valence-electron chi connectivity index (χ0n) is 5.21. The number of hydrogen-bond acceptors (Lipinski definition) is 3. The fourth-order valence-corrected chi connectivity index (χ4v) is 1.59. The van der Waals surface area contributed by atoms with Gasteiger partial charge in [0, 0.05) is 19.0 Å². The van der Waals surface area contributed by atoms with E-state index in [0.717, 1.165) is 13.1 Å². The Kier molecular flexibility index (Phi) is 1.22. The van der Waals surface area contributed by atoms with Gasteiger partial charge in [-0.1, -0.05) is 0 Å². The minimum atomic E-state index is -0.218. The van der Waals surface area contributed by atoms with Gasteiger partial charge in [0.2, 0.25) is 0 Å². The Balaban J connectivity index is 2.07. The van der Waals surface area contributed by atoms with Crippen LogP contribution < -0.4 is 5.32 Å². The van der Waals surface area contributed by atoms with E-state index < -0.39 is 0 Å². The van der Waals surface area contributed by atoms with Crippen molar-refractivity contribution in [2.24, 2.45) is 5.92 Å². The highest BCUT2D eigenvalue weighted by Gasteiger charge is 2.39. The van der Waals surface area contributed by atoms with Crippen molar-refractivity contribution >= 4 is 0 Å². The number of fused-ring (bicyclic) bond motifs is 1. The molecule has 1 unspecified atom stereocenters. The number of aliphatic hydroxyl groups excluding tert-OH is 1. The molecule has 2 fully saturated rings. The van der Waals surface area contributed by atoms with E-state index >= 15 is 0 Å². The number of ether oxygens (including phenoxy) is 1. The minimum Gasteiger partial charge on any atom is -0.390 e. The van der Waals surface area contributed by atoms with Gasteiger partial charge in [0.15, 0.2) is 0 Å². The summed E-state index contributed by atoms with van der Waals surface area (Å²) in [4.78, 5) is 0. The predicted octanol–water partition coefficient (Wildman–Crippen LogP) is -1.03. The first-order valence-corrected chi connectivity index (χ1v) is 3.38. The Morgan fingerprint density at radius 3 is 3.11 bits per heavy atom. The van der Waals surface area contributed by atoms with E-state index in [1.54, 1.807) is 0 Å². The highest BCUT2D eigenvalue weighted by atomic mass is 16.5. The lowest BCUT2D eigenvalue weighted by Gasteiger charge is -2.06. The molecular weight excluding hydrogens is 118 g/mol. The maximum Gasteiger partial charge on any atom is 0.0839 e. The molecule has 0 aromatic rings. The zero-order valence-corrected chi connectivity index (χ0v) is 5.21. The second-order valence-corrected chi connectivity index (χ2v) is 2.76. The first kappa shape index (κ1) is 5.65. The molecule has 0 bridgehead atoms. The number of rotatable bonds is 0. The number of hydrogen-bond donors (Lipinski definition) is 2. The Labute approximate surface area is 54.0 Å². The molecule has 52 valence electrons. The second kappa shape index (κ2) is 1.94. The van der Waals surface area contributed by atoms with Gasteiger partial charge in [-0.25, -0.2) is 0 Å². The molecule has 9 heavy (non-hydrogen) atoms. The molecule has 2 heterocycles. The van der Waals surface area contributed by atoms with E-state index in [9.17, 15) is 5.11 Å². The lowest BCUT2D eigenvalue weighted by molar-refractivity contribution is 0.0906. The smallest absolute Gasteiger partial charge is 0.0839 e. The maximum atomic E-state index is 9.23. The first-order chi connectivity index (χ1) is 4.38. The second-order valence-electron chi connectivity index (χ2n) is 2.76. The molecular formula is C6H11NO2. The van der Waals surface area contributed by atoms with Gasteiger partial charge in [-0.3, -0.25) is 0 Å². The first-order valence-electron chi connectivity index (χ1n) is 3.38. The molecule has 0 amide bonds. The fraction of sp³-hybridized carbons (Fsp3) is 1.00. The molecule has 3 atom stereocenters. The van der Waals surface area contributed by atoms with Crippen LogP contribution in [0, 0.1) is 5.92 Å². The normalized spacial score (nSPS) is 49.7. The molecule has 2 rings (SSSR count). The van der Waals surface area contributed by atoms with E-state index in [2.05, 4.69) is 5.32 Å².